The summed E-state index contributed by atoms with van der Waals surface area (Å²) in [6, 6.07) is 3.24. The summed E-state index contributed by atoms with van der Waals surface area (Å²) >= 11 is 5.64. The van der Waals surface area contributed by atoms with Crippen LogP contribution in [0, 0.1) is 5.82 Å². The van der Waals surface area contributed by atoms with E-state index in [0.29, 0.717) is 0 Å². The summed E-state index contributed by atoms with van der Waals surface area (Å²) in [4.78, 5) is 48.7. The van der Waals surface area contributed by atoms with Crippen LogP contribution in [0.5, 0.6) is 0 Å². The van der Waals surface area contributed by atoms with Crippen LogP contribution in [-0.4, -0.2) is 46.9 Å². The van der Waals surface area contributed by atoms with Gasteiger partial charge in [0.1, 0.15) is 11.4 Å². The van der Waals surface area contributed by atoms with Crippen LogP contribution in [0.1, 0.15) is 33.6 Å². The van der Waals surface area contributed by atoms with E-state index < -0.39 is 35.4 Å². The average molecular weight is 414 g/mol. The molecule has 0 saturated carbocycles. The van der Waals surface area contributed by atoms with Crippen molar-refractivity contribution in [3.05, 3.63) is 29.0 Å². The average Bonchev–Trinajstić information content (AvgIpc) is 2.78. The zero-order valence-electron chi connectivity index (χ0n) is 15.7. The Kier molecular flexibility index (Phi) is 6.60. The fraction of sp³-hybridized carbons (Fsp3) is 0.444. The molecule has 152 valence electrons. The number of benzene rings is 1. The van der Waals surface area contributed by atoms with Crippen LogP contribution < -0.4 is 10.6 Å². The molecule has 1 aliphatic heterocycles. The number of carbonyl (C=O) groups is 4. The van der Waals surface area contributed by atoms with Crippen molar-refractivity contribution in [3.63, 3.8) is 0 Å². The number of hydrogen-bond donors (Lipinski definition) is 2. The van der Waals surface area contributed by atoms with Crippen molar-refractivity contribution < 1.29 is 28.3 Å². The predicted molar refractivity (Wildman–Crippen MR) is 99.2 cm³/mol. The Labute approximate surface area is 166 Å². The highest BCUT2D eigenvalue weighted by molar-refractivity contribution is 6.30. The van der Waals surface area contributed by atoms with Crippen molar-refractivity contribution in [1.82, 2.24) is 10.2 Å². The third-order valence-corrected chi connectivity index (χ3v) is 4.31. The first-order valence-electron chi connectivity index (χ1n) is 8.61. The van der Waals surface area contributed by atoms with Gasteiger partial charge in [-0.15, -0.1) is 0 Å². The summed E-state index contributed by atoms with van der Waals surface area (Å²) in [7, 11) is 0. The Morgan fingerprint density at radius 3 is 2.61 bits per heavy atom. The van der Waals surface area contributed by atoms with Crippen LogP contribution in [0.2, 0.25) is 5.02 Å². The van der Waals surface area contributed by atoms with Crippen molar-refractivity contribution in [2.45, 2.75) is 45.3 Å². The van der Waals surface area contributed by atoms with Crippen LogP contribution in [0.15, 0.2) is 18.2 Å². The smallest absolute Gasteiger partial charge is 0.325 e. The van der Waals surface area contributed by atoms with Crippen LogP contribution in [-0.2, 0) is 19.1 Å². The number of nitrogens with zero attached hydrogens (tertiary/aromatic N) is 1. The van der Waals surface area contributed by atoms with E-state index in [1.165, 1.54) is 19.1 Å². The maximum Gasteiger partial charge on any atom is 0.325 e. The van der Waals surface area contributed by atoms with Crippen molar-refractivity contribution in [2.24, 2.45) is 0 Å². The number of esters is 1. The molecule has 1 atom stereocenters. The molecule has 0 aliphatic carbocycles. The minimum Gasteiger partial charge on any atom is -0.453 e. The number of ether oxygens (including phenoxy) is 1. The number of imide groups is 1. The van der Waals surface area contributed by atoms with Gasteiger partial charge < -0.3 is 15.4 Å². The molecule has 1 saturated heterocycles. The number of rotatable bonds is 7. The summed E-state index contributed by atoms with van der Waals surface area (Å²) in [6.07, 6.45) is -1.06. The van der Waals surface area contributed by atoms with Crippen LogP contribution in [0.3, 0.4) is 0 Å². The largest absolute Gasteiger partial charge is 0.453 e. The van der Waals surface area contributed by atoms with Crippen molar-refractivity contribution >= 4 is 41.1 Å². The van der Waals surface area contributed by atoms with Crippen LogP contribution in [0.25, 0.3) is 0 Å². The Morgan fingerprint density at radius 2 is 2.04 bits per heavy atom. The van der Waals surface area contributed by atoms with Gasteiger partial charge in [0.15, 0.2) is 6.10 Å². The Bertz CT molecular complexity index is 814. The van der Waals surface area contributed by atoms with E-state index in [1.807, 2.05) is 0 Å². The molecule has 1 aliphatic rings. The molecule has 0 bridgehead atoms. The number of amides is 4. The molecular formula is C18H21ClFN3O5. The van der Waals surface area contributed by atoms with Gasteiger partial charge in [-0.1, -0.05) is 11.6 Å². The van der Waals surface area contributed by atoms with E-state index in [-0.39, 0.29) is 36.0 Å². The van der Waals surface area contributed by atoms with E-state index in [2.05, 4.69) is 10.6 Å². The maximum atomic E-state index is 13.7. The number of nitrogens with one attached hydrogen (secondary N) is 2. The first-order valence-corrected chi connectivity index (χ1v) is 8.98. The first kappa shape index (κ1) is 21.6. The molecule has 1 aromatic carbocycles. The second-order valence-corrected chi connectivity index (χ2v) is 7.30. The lowest BCUT2D eigenvalue weighted by atomic mass is 10.1. The van der Waals surface area contributed by atoms with Gasteiger partial charge in [0.05, 0.1) is 5.69 Å². The molecule has 0 spiro atoms. The van der Waals surface area contributed by atoms with E-state index >= 15 is 0 Å². The van der Waals surface area contributed by atoms with Gasteiger partial charge in [0.25, 0.3) is 11.8 Å². The van der Waals surface area contributed by atoms with Gasteiger partial charge in [-0.25, -0.2) is 9.18 Å². The molecule has 0 unspecified atom stereocenters. The highest BCUT2D eigenvalue weighted by Gasteiger charge is 2.43. The number of hydrogen-bond acceptors (Lipinski definition) is 5. The quantitative estimate of drug-likeness (QED) is 0.527. The molecule has 8 nitrogen and oxygen atoms in total. The zero-order chi connectivity index (χ0) is 21.1. The molecule has 2 rings (SSSR count). The molecule has 1 heterocycles. The molecule has 4 amide bonds. The fourth-order valence-corrected chi connectivity index (χ4v) is 2.70. The van der Waals surface area contributed by atoms with Gasteiger partial charge in [0, 0.05) is 18.0 Å². The SMILES string of the molecule is C[C@@H](OC(=O)CCCN1C(=O)NC(C)(C)C1=O)C(=O)Nc1ccc(Cl)cc1F. The highest BCUT2D eigenvalue weighted by Crippen LogP contribution is 2.19. The second-order valence-electron chi connectivity index (χ2n) is 6.86. The Balaban J connectivity index is 1.78. The normalized spacial score (nSPS) is 16.5. The number of halogens is 2. The van der Waals surface area contributed by atoms with Crippen molar-refractivity contribution in [3.8, 4) is 0 Å². The van der Waals surface area contributed by atoms with Crippen molar-refractivity contribution in [2.75, 3.05) is 11.9 Å². The topological polar surface area (TPSA) is 105 Å². The molecular weight excluding hydrogens is 393 g/mol. The number of anilines is 1. The third kappa shape index (κ3) is 5.19. The lowest BCUT2D eigenvalue weighted by Gasteiger charge is -2.16. The van der Waals surface area contributed by atoms with Gasteiger partial charge >= 0.3 is 12.0 Å². The molecule has 1 fully saturated rings. The standard InChI is InChI=1S/C18H21ClFN3O5/c1-10(15(25)21-13-7-6-11(19)9-12(13)20)28-14(24)5-4-8-23-16(26)18(2,3)22-17(23)27/h6-7,9-10H,4-5,8H2,1-3H3,(H,21,25)(H,22,27)/t10-/m1/s1. The summed E-state index contributed by atoms with van der Waals surface area (Å²) in [5, 5.41) is 5.03. The van der Waals surface area contributed by atoms with E-state index in [0.717, 1.165) is 11.0 Å². The monoisotopic (exact) mass is 413 g/mol. The lowest BCUT2D eigenvalue weighted by Crippen LogP contribution is -2.40. The van der Waals surface area contributed by atoms with Gasteiger partial charge in [0.2, 0.25) is 0 Å². The number of urea groups is 1. The molecule has 28 heavy (non-hydrogen) atoms. The molecule has 0 radical (unpaired) electrons. The van der Waals surface area contributed by atoms with Gasteiger partial charge in [-0.3, -0.25) is 19.3 Å². The molecule has 10 heteroatoms. The van der Waals surface area contributed by atoms with E-state index in [9.17, 15) is 23.6 Å². The summed E-state index contributed by atoms with van der Waals surface area (Å²) < 4.78 is 18.7. The van der Waals surface area contributed by atoms with Crippen molar-refractivity contribution in [1.29, 1.82) is 0 Å². The lowest BCUT2D eigenvalue weighted by molar-refractivity contribution is -0.153. The summed E-state index contributed by atoms with van der Waals surface area (Å²) in [5.74, 6) is -2.46. The minimum atomic E-state index is -1.15. The van der Waals surface area contributed by atoms with E-state index in [1.54, 1.807) is 13.8 Å². The summed E-state index contributed by atoms with van der Waals surface area (Å²) in [5.41, 5.74) is -1.06. The van der Waals surface area contributed by atoms with Crippen LogP contribution in [0.4, 0.5) is 14.9 Å². The first-order chi connectivity index (χ1) is 13.0. The van der Waals surface area contributed by atoms with Gasteiger partial charge in [-0.05, 0) is 45.4 Å². The molecule has 0 aromatic heterocycles. The number of carbonyl (C=O) groups excluding carboxylic acids is 4. The second kappa shape index (κ2) is 8.55. The predicted octanol–water partition coefficient (Wildman–Crippen LogP) is 2.46. The Morgan fingerprint density at radius 1 is 1.36 bits per heavy atom. The maximum absolute atomic E-state index is 13.7. The van der Waals surface area contributed by atoms with E-state index in [4.69, 9.17) is 16.3 Å². The summed E-state index contributed by atoms with van der Waals surface area (Å²) in [6.45, 7) is 4.58. The molecule has 1 aromatic rings. The van der Waals surface area contributed by atoms with Gasteiger partial charge in [-0.2, -0.15) is 0 Å². The fourth-order valence-electron chi connectivity index (χ4n) is 2.54. The minimum absolute atomic E-state index is 0.0553. The Hall–Kier alpha value is -2.68. The van der Waals surface area contributed by atoms with Crippen LogP contribution >= 0.6 is 11.6 Å². The zero-order valence-corrected chi connectivity index (χ0v) is 16.4. The molecule has 2 N–H and O–H groups in total. The third-order valence-electron chi connectivity index (χ3n) is 4.07. The highest BCUT2D eigenvalue weighted by atomic mass is 35.5.